The molecule has 0 aromatic heterocycles. The third kappa shape index (κ3) is 5.00. The van der Waals surface area contributed by atoms with Crippen molar-refractivity contribution in [3.05, 3.63) is 52.0 Å². The SMILES string of the molecule is CS(=O)(=O)c1ccc(N2CCCCC2)c(C(=O)N2CCN(c3ccc(Cl)c(Cl)c3)CC2)c1. The molecule has 0 bridgehead atoms. The van der Waals surface area contributed by atoms with E-state index in [-0.39, 0.29) is 10.8 Å². The molecular weight excluding hydrogens is 469 g/mol. The van der Waals surface area contributed by atoms with E-state index in [1.54, 1.807) is 24.3 Å². The predicted octanol–water partition coefficient (Wildman–Crippen LogP) is 4.35. The first-order valence-corrected chi connectivity index (χ1v) is 13.5. The number of amides is 1. The predicted molar refractivity (Wildman–Crippen MR) is 130 cm³/mol. The zero-order chi connectivity index (χ0) is 22.9. The molecule has 0 radical (unpaired) electrons. The molecule has 2 aromatic carbocycles. The first-order valence-electron chi connectivity index (χ1n) is 10.8. The maximum Gasteiger partial charge on any atom is 0.256 e. The van der Waals surface area contributed by atoms with Crippen LogP contribution in [0.15, 0.2) is 41.3 Å². The Hall–Kier alpha value is -1.96. The number of carbonyl (C=O) groups is 1. The quantitative estimate of drug-likeness (QED) is 0.630. The Morgan fingerprint density at radius 2 is 1.50 bits per heavy atom. The lowest BCUT2D eigenvalue weighted by Gasteiger charge is -2.37. The summed E-state index contributed by atoms with van der Waals surface area (Å²) in [6.45, 7) is 4.17. The Morgan fingerprint density at radius 1 is 0.812 bits per heavy atom. The standard InChI is InChI=1S/C23H27Cl2N3O3S/c1-32(30,31)18-6-8-22(27-9-3-2-4-10-27)19(16-18)23(29)28-13-11-26(12-14-28)17-5-7-20(24)21(25)15-17/h5-8,15-16H,2-4,9-14H2,1H3. The van der Waals surface area contributed by atoms with Crippen LogP contribution in [-0.4, -0.2) is 64.7 Å². The topological polar surface area (TPSA) is 60.9 Å². The Kier molecular flexibility index (Phi) is 6.89. The maximum atomic E-state index is 13.5. The summed E-state index contributed by atoms with van der Waals surface area (Å²) in [5.74, 6) is -0.120. The monoisotopic (exact) mass is 495 g/mol. The van der Waals surface area contributed by atoms with Gasteiger partial charge in [0.15, 0.2) is 9.84 Å². The van der Waals surface area contributed by atoms with Gasteiger partial charge in [0.25, 0.3) is 5.91 Å². The molecule has 2 fully saturated rings. The molecule has 32 heavy (non-hydrogen) atoms. The van der Waals surface area contributed by atoms with Crippen molar-refractivity contribution in [2.45, 2.75) is 24.2 Å². The number of nitrogens with zero attached hydrogens (tertiary/aromatic N) is 3. The van der Waals surface area contributed by atoms with Gasteiger partial charge in [0, 0.05) is 56.9 Å². The van der Waals surface area contributed by atoms with Crippen LogP contribution in [0.2, 0.25) is 10.0 Å². The summed E-state index contributed by atoms with van der Waals surface area (Å²) in [5.41, 5.74) is 2.27. The molecule has 0 aliphatic carbocycles. The number of hydrogen-bond acceptors (Lipinski definition) is 5. The molecular formula is C23H27Cl2N3O3S. The van der Waals surface area contributed by atoms with Gasteiger partial charge < -0.3 is 14.7 Å². The summed E-state index contributed by atoms with van der Waals surface area (Å²) in [4.78, 5) is 19.9. The Morgan fingerprint density at radius 3 is 2.12 bits per heavy atom. The van der Waals surface area contributed by atoms with Crippen LogP contribution in [-0.2, 0) is 9.84 Å². The average Bonchev–Trinajstić information content (AvgIpc) is 2.80. The number of halogens is 2. The van der Waals surface area contributed by atoms with Crippen molar-refractivity contribution in [2.24, 2.45) is 0 Å². The zero-order valence-electron chi connectivity index (χ0n) is 18.1. The molecule has 6 nitrogen and oxygen atoms in total. The normalized spacial score (nSPS) is 17.5. The van der Waals surface area contributed by atoms with Gasteiger partial charge in [-0.3, -0.25) is 4.79 Å². The van der Waals surface area contributed by atoms with Crippen molar-refractivity contribution in [2.75, 3.05) is 55.3 Å². The van der Waals surface area contributed by atoms with E-state index in [1.807, 2.05) is 17.0 Å². The zero-order valence-corrected chi connectivity index (χ0v) is 20.4. The summed E-state index contributed by atoms with van der Waals surface area (Å²) in [6, 6.07) is 10.5. The molecule has 0 atom stereocenters. The van der Waals surface area contributed by atoms with E-state index in [9.17, 15) is 13.2 Å². The number of benzene rings is 2. The van der Waals surface area contributed by atoms with E-state index in [0.29, 0.717) is 41.8 Å². The van der Waals surface area contributed by atoms with Gasteiger partial charge in [-0.25, -0.2) is 8.42 Å². The molecule has 2 heterocycles. The smallest absolute Gasteiger partial charge is 0.256 e. The van der Waals surface area contributed by atoms with Gasteiger partial charge in [-0.1, -0.05) is 23.2 Å². The van der Waals surface area contributed by atoms with Crippen LogP contribution in [0.5, 0.6) is 0 Å². The highest BCUT2D eigenvalue weighted by Crippen LogP contribution is 2.30. The third-order valence-corrected chi connectivity index (χ3v) is 8.01. The molecule has 2 aliphatic rings. The first-order chi connectivity index (χ1) is 15.2. The highest BCUT2D eigenvalue weighted by atomic mass is 35.5. The van der Waals surface area contributed by atoms with Crippen molar-refractivity contribution in [1.82, 2.24) is 4.90 Å². The molecule has 0 N–H and O–H groups in total. The van der Waals surface area contributed by atoms with Gasteiger partial charge in [0.1, 0.15) is 0 Å². The molecule has 0 saturated carbocycles. The van der Waals surface area contributed by atoms with Crippen LogP contribution >= 0.6 is 23.2 Å². The lowest BCUT2D eigenvalue weighted by Crippen LogP contribution is -2.49. The number of hydrogen-bond donors (Lipinski definition) is 0. The summed E-state index contributed by atoms with van der Waals surface area (Å²) < 4.78 is 24.3. The second kappa shape index (κ2) is 9.49. The van der Waals surface area contributed by atoms with Gasteiger partial charge in [-0.2, -0.15) is 0 Å². The van der Waals surface area contributed by atoms with Gasteiger partial charge in [0.05, 0.1) is 20.5 Å². The molecule has 2 aliphatic heterocycles. The minimum atomic E-state index is -3.41. The number of anilines is 2. The Balaban J connectivity index is 1.56. The largest absolute Gasteiger partial charge is 0.371 e. The molecule has 4 rings (SSSR count). The fourth-order valence-electron chi connectivity index (χ4n) is 4.35. The van der Waals surface area contributed by atoms with Crippen molar-refractivity contribution < 1.29 is 13.2 Å². The molecule has 1 amide bonds. The number of carbonyl (C=O) groups excluding carboxylic acids is 1. The highest BCUT2D eigenvalue weighted by molar-refractivity contribution is 7.90. The van der Waals surface area contributed by atoms with Crippen LogP contribution in [0, 0.1) is 0 Å². The van der Waals surface area contributed by atoms with E-state index >= 15 is 0 Å². The molecule has 0 spiro atoms. The van der Waals surface area contributed by atoms with Crippen LogP contribution in [0.4, 0.5) is 11.4 Å². The molecule has 9 heteroatoms. The summed E-state index contributed by atoms with van der Waals surface area (Å²) >= 11 is 12.2. The van der Waals surface area contributed by atoms with Crippen molar-refractivity contribution in [3.8, 4) is 0 Å². The van der Waals surface area contributed by atoms with E-state index in [0.717, 1.165) is 37.3 Å². The second-order valence-corrected chi connectivity index (χ2v) is 11.2. The Bertz CT molecular complexity index is 1110. The minimum absolute atomic E-state index is 0.120. The van der Waals surface area contributed by atoms with Crippen molar-refractivity contribution in [3.63, 3.8) is 0 Å². The average molecular weight is 496 g/mol. The van der Waals surface area contributed by atoms with Crippen LogP contribution in [0.25, 0.3) is 0 Å². The number of sulfone groups is 1. The summed E-state index contributed by atoms with van der Waals surface area (Å²) in [7, 11) is -3.41. The molecule has 0 unspecified atom stereocenters. The number of rotatable bonds is 4. The summed E-state index contributed by atoms with van der Waals surface area (Å²) in [6.07, 6.45) is 4.50. The van der Waals surface area contributed by atoms with Crippen LogP contribution in [0.1, 0.15) is 29.6 Å². The maximum absolute atomic E-state index is 13.5. The van der Waals surface area contributed by atoms with E-state index in [2.05, 4.69) is 9.80 Å². The van der Waals surface area contributed by atoms with Crippen LogP contribution in [0.3, 0.4) is 0 Å². The Labute approximate surface area is 199 Å². The van der Waals surface area contributed by atoms with Crippen molar-refractivity contribution in [1.29, 1.82) is 0 Å². The van der Waals surface area contributed by atoms with Gasteiger partial charge in [-0.15, -0.1) is 0 Å². The fourth-order valence-corrected chi connectivity index (χ4v) is 5.29. The third-order valence-electron chi connectivity index (χ3n) is 6.16. The molecule has 2 aromatic rings. The highest BCUT2D eigenvalue weighted by Gasteiger charge is 2.27. The first kappa shape index (κ1) is 23.2. The number of piperazine rings is 1. The van der Waals surface area contributed by atoms with Crippen molar-refractivity contribution >= 4 is 50.3 Å². The molecule has 2 saturated heterocycles. The lowest BCUT2D eigenvalue weighted by atomic mass is 10.1. The van der Waals surface area contributed by atoms with Gasteiger partial charge >= 0.3 is 0 Å². The molecule has 172 valence electrons. The fraction of sp³-hybridized carbons (Fsp3) is 0.435. The van der Waals surface area contributed by atoms with E-state index in [4.69, 9.17) is 23.2 Å². The summed E-state index contributed by atoms with van der Waals surface area (Å²) in [5, 5.41) is 1.02. The number of piperidine rings is 1. The minimum Gasteiger partial charge on any atom is -0.371 e. The van der Waals surface area contributed by atoms with E-state index in [1.165, 1.54) is 12.7 Å². The van der Waals surface area contributed by atoms with Crippen LogP contribution < -0.4 is 9.80 Å². The van der Waals surface area contributed by atoms with Gasteiger partial charge in [0.2, 0.25) is 0 Å². The van der Waals surface area contributed by atoms with Gasteiger partial charge in [-0.05, 0) is 55.7 Å². The lowest BCUT2D eigenvalue weighted by molar-refractivity contribution is 0.0747. The van der Waals surface area contributed by atoms with E-state index < -0.39 is 9.84 Å². The second-order valence-electron chi connectivity index (χ2n) is 8.38.